The minimum absolute atomic E-state index is 0.151. The average Bonchev–Trinajstić information content (AvgIpc) is 2.85. The van der Waals surface area contributed by atoms with E-state index in [0.29, 0.717) is 29.5 Å². The zero-order chi connectivity index (χ0) is 16.5. The zero-order valence-electron chi connectivity index (χ0n) is 14.1. The lowest BCUT2D eigenvalue weighted by Crippen LogP contribution is -2.23. The molecule has 2 atom stereocenters. The Hall–Kier alpha value is -1.33. The molecule has 0 aromatic heterocycles. The van der Waals surface area contributed by atoms with Crippen LogP contribution in [-0.4, -0.2) is 39.3 Å². The van der Waals surface area contributed by atoms with Crippen molar-refractivity contribution in [3.63, 3.8) is 0 Å². The summed E-state index contributed by atoms with van der Waals surface area (Å²) in [5, 5.41) is 0. The normalized spacial score (nSPS) is 22.9. The van der Waals surface area contributed by atoms with Crippen molar-refractivity contribution in [3.8, 4) is 11.5 Å². The Morgan fingerprint density at radius 1 is 1.27 bits per heavy atom. The first-order chi connectivity index (χ1) is 10.3. The molecular formula is C17H27FN2O2. The third-order valence-corrected chi connectivity index (χ3v) is 4.52. The van der Waals surface area contributed by atoms with Crippen LogP contribution in [-0.2, 0) is 5.67 Å². The van der Waals surface area contributed by atoms with Gasteiger partial charge in [-0.25, -0.2) is 4.39 Å². The first-order valence-electron chi connectivity index (χ1n) is 7.67. The topological polar surface area (TPSA) is 47.7 Å². The van der Waals surface area contributed by atoms with Gasteiger partial charge in [-0.2, -0.15) is 0 Å². The van der Waals surface area contributed by atoms with Gasteiger partial charge in [0.2, 0.25) is 0 Å². The number of likely N-dealkylation sites (tertiary alicyclic amines) is 1. The van der Waals surface area contributed by atoms with E-state index in [1.165, 1.54) is 0 Å². The molecule has 0 bridgehead atoms. The van der Waals surface area contributed by atoms with Crippen molar-refractivity contribution < 1.29 is 13.9 Å². The quantitative estimate of drug-likeness (QED) is 0.908. The molecule has 1 fully saturated rings. The van der Waals surface area contributed by atoms with Gasteiger partial charge in [-0.05, 0) is 63.0 Å². The van der Waals surface area contributed by atoms with Crippen molar-refractivity contribution in [2.75, 3.05) is 34.4 Å². The molecule has 0 spiro atoms. The largest absolute Gasteiger partial charge is 0.493 e. The van der Waals surface area contributed by atoms with Crippen LogP contribution in [0.2, 0.25) is 0 Å². The summed E-state index contributed by atoms with van der Waals surface area (Å²) in [6, 6.07) is 3.83. The Bertz CT molecular complexity index is 528. The molecule has 1 aromatic rings. The third-order valence-electron chi connectivity index (χ3n) is 4.52. The maximum Gasteiger partial charge on any atom is 0.161 e. The fourth-order valence-corrected chi connectivity index (χ4v) is 3.33. The van der Waals surface area contributed by atoms with E-state index in [0.717, 1.165) is 18.5 Å². The van der Waals surface area contributed by atoms with Crippen LogP contribution in [0.3, 0.4) is 0 Å². The van der Waals surface area contributed by atoms with Gasteiger partial charge in [0.25, 0.3) is 0 Å². The molecule has 1 saturated heterocycles. The Morgan fingerprint density at radius 2 is 1.86 bits per heavy atom. The lowest BCUT2D eigenvalue weighted by molar-refractivity contribution is 0.212. The van der Waals surface area contributed by atoms with Crippen molar-refractivity contribution in [3.05, 3.63) is 23.3 Å². The third kappa shape index (κ3) is 3.20. The second kappa shape index (κ2) is 6.42. The second-order valence-corrected chi connectivity index (χ2v) is 6.56. The first-order valence-corrected chi connectivity index (χ1v) is 7.67. The summed E-state index contributed by atoms with van der Waals surface area (Å²) >= 11 is 0. The summed E-state index contributed by atoms with van der Waals surface area (Å²) < 4.78 is 25.5. The van der Waals surface area contributed by atoms with Crippen LogP contribution in [0.15, 0.2) is 12.1 Å². The minimum atomic E-state index is -1.45. The monoisotopic (exact) mass is 310 g/mol. The number of halogens is 1. The summed E-state index contributed by atoms with van der Waals surface area (Å²) in [6.45, 7) is 4.74. The van der Waals surface area contributed by atoms with Gasteiger partial charge in [0.15, 0.2) is 11.5 Å². The van der Waals surface area contributed by atoms with E-state index >= 15 is 0 Å². The highest BCUT2D eigenvalue weighted by atomic mass is 19.1. The molecule has 1 aliphatic heterocycles. The maximum atomic E-state index is 14.8. The predicted molar refractivity (Wildman–Crippen MR) is 86.2 cm³/mol. The summed E-state index contributed by atoms with van der Waals surface area (Å²) in [7, 11) is 5.23. The van der Waals surface area contributed by atoms with Gasteiger partial charge < -0.3 is 15.2 Å². The fraction of sp³-hybridized carbons (Fsp3) is 0.647. The number of nitrogens with zero attached hydrogens (tertiary/aromatic N) is 1. The van der Waals surface area contributed by atoms with Crippen LogP contribution >= 0.6 is 0 Å². The van der Waals surface area contributed by atoms with Crippen molar-refractivity contribution >= 4 is 0 Å². The van der Waals surface area contributed by atoms with E-state index in [2.05, 4.69) is 11.9 Å². The van der Waals surface area contributed by atoms with Gasteiger partial charge in [0.05, 0.1) is 14.2 Å². The Morgan fingerprint density at radius 3 is 2.32 bits per heavy atom. The molecule has 1 heterocycles. The molecule has 0 amide bonds. The molecule has 2 rings (SSSR count). The highest BCUT2D eigenvalue weighted by Gasteiger charge is 2.35. The van der Waals surface area contributed by atoms with Crippen LogP contribution < -0.4 is 15.2 Å². The van der Waals surface area contributed by atoms with E-state index in [1.807, 2.05) is 6.07 Å². The number of nitrogens with two attached hydrogens (primary N) is 1. The molecule has 2 unspecified atom stereocenters. The van der Waals surface area contributed by atoms with Crippen molar-refractivity contribution in [2.45, 2.75) is 32.0 Å². The molecule has 1 aromatic carbocycles. The minimum Gasteiger partial charge on any atom is -0.493 e. The molecule has 0 aliphatic carbocycles. The maximum absolute atomic E-state index is 14.8. The highest BCUT2D eigenvalue weighted by Crippen LogP contribution is 2.44. The number of alkyl halides is 1. The lowest BCUT2D eigenvalue weighted by atomic mass is 9.88. The van der Waals surface area contributed by atoms with Crippen molar-refractivity contribution in [1.29, 1.82) is 0 Å². The molecule has 0 radical (unpaired) electrons. The number of hydrogen-bond donors (Lipinski definition) is 1. The zero-order valence-corrected chi connectivity index (χ0v) is 14.1. The van der Waals surface area contributed by atoms with E-state index in [1.54, 1.807) is 34.1 Å². The summed E-state index contributed by atoms with van der Waals surface area (Å²) in [4.78, 5) is 2.24. The van der Waals surface area contributed by atoms with Crippen molar-refractivity contribution in [1.82, 2.24) is 4.90 Å². The van der Waals surface area contributed by atoms with E-state index < -0.39 is 5.67 Å². The molecule has 4 nitrogen and oxygen atoms in total. The van der Waals surface area contributed by atoms with Crippen LogP contribution in [0.1, 0.15) is 37.4 Å². The van der Waals surface area contributed by atoms with Crippen LogP contribution in [0, 0.1) is 5.92 Å². The number of rotatable bonds is 5. The van der Waals surface area contributed by atoms with E-state index in [9.17, 15) is 4.39 Å². The summed E-state index contributed by atoms with van der Waals surface area (Å²) in [6.07, 6.45) is 0.936. The average molecular weight is 310 g/mol. The number of ether oxygens (including phenoxy) is 2. The molecule has 2 N–H and O–H groups in total. The Balaban J connectivity index is 2.53. The Kier molecular flexibility index (Phi) is 4.97. The van der Waals surface area contributed by atoms with E-state index in [4.69, 9.17) is 15.2 Å². The highest BCUT2D eigenvalue weighted by molar-refractivity contribution is 5.50. The first kappa shape index (κ1) is 17.0. The van der Waals surface area contributed by atoms with Gasteiger partial charge in [-0.1, -0.05) is 0 Å². The standard InChI is InChI=1S/C17H27FN2O2/c1-17(2,18)13-8-16(22-5)15(21-4)7-12(13)14-6-11(9-19)10-20(14)3/h7-8,11,14H,6,9-10,19H2,1-5H3. The summed E-state index contributed by atoms with van der Waals surface area (Å²) in [5.74, 6) is 1.64. The molecule has 22 heavy (non-hydrogen) atoms. The van der Waals surface area contributed by atoms with Gasteiger partial charge in [-0.3, -0.25) is 4.90 Å². The Labute approximate surface area is 132 Å². The molecule has 124 valence electrons. The van der Waals surface area contributed by atoms with Crippen LogP contribution in [0.4, 0.5) is 4.39 Å². The van der Waals surface area contributed by atoms with Crippen LogP contribution in [0.5, 0.6) is 11.5 Å². The van der Waals surface area contributed by atoms with E-state index in [-0.39, 0.29) is 6.04 Å². The van der Waals surface area contributed by atoms with Crippen molar-refractivity contribution in [2.24, 2.45) is 11.7 Å². The number of hydrogen-bond acceptors (Lipinski definition) is 4. The fourth-order valence-electron chi connectivity index (χ4n) is 3.33. The van der Waals surface area contributed by atoms with Gasteiger partial charge in [0.1, 0.15) is 5.67 Å². The molecule has 5 heteroatoms. The predicted octanol–water partition coefficient (Wildman–Crippen LogP) is 2.86. The molecular weight excluding hydrogens is 283 g/mol. The molecule has 1 aliphatic rings. The summed E-state index contributed by atoms with van der Waals surface area (Å²) in [5.41, 5.74) is 5.98. The lowest BCUT2D eigenvalue weighted by Gasteiger charge is -2.28. The second-order valence-electron chi connectivity index (χ2n) is 6.56. The smallest absolute Gasteiger partial charge is 0.161 e. The number of methoxy groups -OCH3 is 2. The van der Waals surface area contributed by atoms with Gasteiger partial charge in [-0.15, -0.1) is 0 Å². The van der Waals surface area contributed by atoms with Gasteiger partial charge >= 0.3 is 0 Å². The van der Waals surface area contributed by atoms with Crippen LogP contribution in [0.25, 0.3) is 0 Å². The molecule has 0 saturated carbocycles. The number of benzene rings is 1. The van der Waals surface area contributed by atoms with Gasteiger partial charge in [0, 0.05) is 12.6 Å². The SMILES string of the molecule is COc1cc(C2CC(CN)CN2C)c(C(C)(C)F)cc1OC.